The van der Waals surface area contributed by atoms with Crippen LogP contribution < -0.4 is 11.3 Å². The fourth-order valence-corrected chi connectivity index (χ4v) is 2.48. The Morgan fingerprint density at radius 2 is 2.13 bits per heavy atom. The molecule has 3 nitrogen and oxygen atoms in total. The maximum Gasteiger partial charge on any atom is 0.0713 e. The monoisotopic (exact) mass is 228 g/mol. The van der Waals surface area contributed by atoms with Gasteiger partial charge in [0.2, 0.25) is 0 Å². The summed E-state index contributed by atoms with van der Waals surface area (Å²) >= 11 is 1.85. The molecule has 1 heterocycles. The molecule has 1 aromatic rings. The molecular weight excluding hydrogens is 208 g/mol. The van der Waals surface area contributed by atoms with Gasteiger partial charge in [-0.25, -0.2) is 0 Å². The Kier molecular flexibility index (Phi) is 5.25. The molecule has 0 saturated carbocycles. The van der Waals surface area contributed by atoms with Crippen LogP contribution in [0.3, 0.4) is 0 Å². The van der Waals surface area contributed by atoms with E-state index in [0.29, 0.717) is 0 Å². The lowest BCUT2D eigenvalue weighted by molar-refractivity contribution is 0.0834. The Labute approximate surface area is 95.6 Å². The summed E-state index contributed by atoms with van der Waals surface area (Å²) in [4.78, 5) is 2.78. The quantitative estimate of drug-likeness (QED) is 0.576. The summed E-state index contributed by atoms with van der Waals surface area (Å²) in [5, 5.41) is 0. The van der Waals surface area contributed by atoms with Gasteiger partial charge in [-0.1, -0.05) is 6.92 Å². The Morgan fingerprint density at radius 1 is 1.47 bits per heavy atom. The molecular formula is C11H20N2OS. The maximum absolute atomic E-state index is 5.51. The van der Waals surface area contributed by atoms with Gasteiger partial charge >= 0.3 is 0 Å². The predicted octanol–water partition coefficient (Wildman–Crippen LogP) is 1.72. The van der Waals surface area contributed by atoms with Gasteiger partial charge < -0.3 is 4.74 Å². The highest BCUT2D eigenvalue weighted by molar-refractivity contribution is 7.11. The molecule has 1 rings (SSSR count). The van der Waals surface area contributed by atoms with Crippen molar-refractivity contribution in [1.82, 2.24) is 5.43 Å². The van der Waals surface area contributed by atoms with Crippen LogP contribution in [0.25, 0.3) is 0 Å². The number of methoxy groups -OCH3 is 1. The molecule has 3 N–H and O–H groups in total. The lowest BCUT2D eigenvalue weighted by atomic mass is 10.1. The van der Waals surface area contributed by atoms with Crippen molar-refractivity contribution in [3.05, 3.63) is 21.9 Å². The summed E-state index contributed by atoms with van der Waals surface area (Å²) in [5.41, 5.74) is 2.81. The lowest BCUT2D eigenvalue weighted by Gasteiger charge is -2.21. The number of ether oxygens (including phenoxy) is 1. The van der Waals surface area contributed by atoms with Gasteiger partial charge in [-0.2, -0.15) is 0 Å². The van der Waals surface area contributed by atoms with Crippen LogP contribution in [0.4, 0.5) is 0 Å². The summed E-state index contributed by atoms with van der Waals surface area (Å²) in [7, 11) is 1.71. The van der Waals surface area contributed by atoms with Crippen molar-refractivity contribution in [3.8, 4) is 0 Å². The predicted molar refractivity (Wildman–Crippen MR) is 65.0 cm³/mol. The summed E-state index contributed by atoms with van der Waals surface area (Å²) in [6, 6.07) is 4.54. The van der Waals surface area contributed by atoms with E-state index in [0.717, 1.165) is 12.8 Å². The molecule has 2 atom stereocenters. The molecule has 0 fully saturated rings. The van der Waals surface area contributed by atoms with Crippen molar-refractivity contribution in [3.63, 3.8) is 0 Å². The van der Waals surface area contributed by atoms with Gasteiger partial charge in [-0.15, -0.1) is 11.3 Å². The summed E-state index contributed by atoms with van der Waals surface area (Å²) in [5.74, 6) is 5.51. The first-order valence-electron chi connectivity index (χ1n) is 5.27. The number of hydrogen-bond donors (Lipinski definition) is 2. The number of hydrazine groups is 1. The van der Waals surface area contributed by atoms with Crippen molar-refractivity contribution < 1.29 is 4.74 Å². The number of aryl methyl sites for hydroxylation is 1. The van der Waals surface area contributed by atoms with Crippen molar-refractivity contribution in [2.24, 2.45) is 5.84 Å². The van der Waals surface area contributed by atoms with Gasteiger partial charge in [0, 0.05) is 23.3 Å². The first-order chi connectivity index (χ1) is 7.21. The minimum absolute atomic E-state index is 0.127. The van der Waals surface area contributed by atoms with Crippen molar-refractivity contribution in [2.75, 3.05) is 7.11 Å². The third kappa shape index (κ3) is 3.57. The summed E-state index contributed by atoms with van der Waals surface area (Å²) < 4.78 is 5.27. The molecule has 0 bridgehead atoms. The molecule has 2 unspecified atom stereocenters. The fourth-order valence-electron chi connectivity index (χ4n) is 1.46. The minimum atomic E-state index is 0.127. The molecule has 0 saturated heterocycles. The molecule has 0 amide bonds. The third-order valence-electron chi connectivity index (χ3n) is 2.64. The van der Waals surface area contributed by atoms with Gasteiger partial charge in [-0.3, -0.25) is 11.3 Å². The molecule has 0 aromatic carbocycles. The van der Waals surface area contributed by atoms with E-state index in [-0.39, 0.29) is 12.1 Å². The van der Waals surface area contributed by atoms with E-state index in [2.05, 4.69) is 24.5 Å². The smallest absolute Gasteiger partial charge is 0.0713 e. The molecule has 0 spiro atoms. The van der Waals surface area contributed by atoms with Crippen LogP contribution in [-0.2, 0) is 17.6 Å². The van der Waals surface area contributed by atoms with Gasteiger partial charge in [-0.05, 0) is 25.5 Å². The Bertz CT molecular complexity index is 288. The SMILES string of the molecule is CCc1ccc(CC(NN)C(C)OC)s1. The topological polar surface area (TPSA) is 47.3 Å². The van der Waals surface area contributed by atoms with Crippen LogP contribution >= 0.6 is 11.3 Å². The highest BCUT2D eigenvalue weighted by atomic mass is 32.1. The molecule has 0 radical (unpaired) electrons. The fraction of sp³-hybridized carbons (Fsp3) is 0.636. The number of rotatable bonds is 6. The van der Waals surface area contributed by atoms with Crippen LogP contribution in [0.1, 0.15) is 23.6 Å². The van der Waals surface area contributed by atoms with E-state index in [1.807, 2.05) is 18.3 Å². The highest BCUT2D eigenvalue weighted by Gasteiger charge is 2.16. The molecule has 4 heteroatoms. The van der Waals surface area contributed by atoms with E-state index in [9.17, 15) is 0 Å². The van der Waals surface area contributed by atoms with Gasteiger partial charge in [0.1, 0.15) is 0 Å². The number of nitrogens with two attached hydrogens (primary N) is 1. The molecule has 1 aromatic heterocycles. The zero-order chi connectivity index (χ0) is 11.3. The summed E-state index contributed by atoms with van der Waals surface area (Å²) in [6.45, 7) is 4.20. The van der Waals surface area contributed by atoms with E-state index in [4.69, 9.17) is 10.6 Å². The zero-order valence-electron chi connectivity index (χ0n) is 9.62. The Hall–Kier alpha value is -0.420. The minimum Gasteiger partial charge on any atom is -0.380 e. The second kappa shape index (κ2) is 6.23. The summed E-state index contributed by atoms with van der Waals surface area (Å²) in [6.07, 6.45) is 2.16. The third-order valence-corrected chi connectivity index (χ3v) is 3.89. The molecule has 0 aliphatic heterocycles. The molecule has 0 aliphatic carbocycles. The lowest BCUT2D eigenvalue weighted by Crippen LogP contribution is -2.44. The van der Waals surface area contributed by atoms with Crippen molar-refractivity contribution in [2.45, 2.75) is 38.8 Å². The Morgan fingerprint density at radius 3 is 2.60 bits per heavy atom. The van der Waals surface area contributed by atoms with Crippen LogP contribution in [0.15, 0.2) is 12.1 Å². The van der Waals surface area contributed by atoms with E-state index < -0.39 is 0 Å². The average Bonchev–Trinajstić information content (AvgIpc) is 2.72. The highest BCUT2D eigenvalue weighted by Crippen LogP contribution is 2.19. The number of thiophene rings is 1. The van der Waals surface area contributed by atoms with E-state index >= 15 is 0 Å². The maximum atomic E-state index is 5.51. The van der Waals surface area contributed by atoms with Crippen LogP contribution in [0.2, 0.25) is 0 Å². The Balaban J connectivity index is 2.58. The van der Waals surface area contributed by atoms with Gasteiger partial charge in [0.25, 0.3) is 0 Å². The number of nitrogens with one attached hydrogen (secondary N) is 1. The standard InChI is InChI=1S/C11H20N2OS/c1-4-9-5-6-10(15-9)7-11(13-12)8(2)14-3/h5-6,8,11,13H,4,7,12H2,1-3H3. The first-order valence-corrected chi connectivity index (χ1v) is 6.09. The molecule has 0 aliphatic rings. The van der Waals surface area contributed by atoms with Crippen LogP contribution in [0.5, 0.6) is 0 Å². The van der Waals surface area contributed by atoms with E-state index in [1.54, 1.807) is 7.11 Å². The second-order valence-electron chi connectivity index (χ2n) is 3.64. The van der Waals surface area contributed by atoms with E-state index in [1.165, 1.54) is 9.75 Å². The molecule has 86 valence electrons. The normalized spacial score (nSPS) is 15.2. The van der Waals surface area contributed by atoms with Crippen molar-refractivity contribution in [1.29, 1.82) is 0 Å². The van der Waals surface area contributed by atoms with Crippen LogP contribution in [-0.4, -0.2) is 19.3 Å². The average molecular weight is 228 g/mol. The first kappa shape index (κ1) is 12.6. The second-order valence-corrected chi connectivity index (χ2v) is 4.89. The molecule has 15 heavy (non-hydrogen) atoms. The van der Waals surface area contributed by atoms with Crippen molar-refractivity contribution >= 4 is 11.3 Å². The van der Waals surface area contributed by atoms with Crippen LogP contribution in [0, 0.1) is 0 Å². The largest absolute Gasteiger partial charge is 0.380 e. The van der Waals surface area contributed by atoms with Gasteiger partial charge in [0.15, 0.2) is 0 Å². The zero-order valence-corrected chi connectivity index (χ0v) is 10.4. The number of hydrogen-bond acceptors (Lipinski definition) is 4. The van der Waals surface area contributed by atoms with Gasteiger partial charge in [0.05, 0.1) is 12.1 Å².